The average molecular weight is 529 g/mol. The van der Waals surface area contributed by atoms with Crippen molar-refractivity contribution in [1.29, 1.82) is 0 Å². The summed E-state index contributed by atoms with van der Waals surface area (Å²) in [6, 6.07) is 10.8. The van der Waals surface area contributed by atoms with E-state index in [1.54, 1.807) is 23.0 Å². The molecule has 0 saturated heterocycles. The normalized spacial score (nSPS) is 11.3. The molecule has 1 amide bonds. The highest BCUT2D eigenvalue weighted by molar-refractivity contribution is 7.99. The zero-order valence-electron chi connectivity index (χ0n) is 18.1. The highest BCUT2D eigenvalue weighted by atomic mass is 32.2. The SMILES string of the molecule is Cc1cc(NC(=O)CSc2nc3c(sc(=S)n3Cc3ccco3)c(=O)n2-c2ccc(F)cc2)n[nH]1. The molecular formula is C22H17FN6O3S3. The number of carbonyl (C=O) groups is 1. The maximum Gasteiger partial charge on any atom is 0.278 e. The molecule has 2 N–H and O–H groups in total. The number of hydrogen-bond acceptors (Lipinski definition) is 8. The average Bonchev–Trinajstić information content (AvgIpc) is 3.56. The standard InChI is InChI=1S/C22H17FN6O3S3/c1-12-9-16(27-26-12)24-17(30)11-34-21-25-19-18(20(31)29(21)14-6-4-13(23)5-7-14)35-22(33)28(19)10-15-3-2-8-32-15/h2-9H,10-11H2,1H3,(H2,24,26,27,30). The summed E-state index contributed by atoms with van der Waals surface area (Å²) >= 11 is 7.73. The topological polar surface area (TPSA) is 111 Å². The maximum absolute atomic E-state index is 13.6. The molecule has 13 heteroatoms. The molecule has 0 bridgehead atoms. The molecule has 4 aromatic heterocycles. The van der Waals surface area contributed by atoms with Gasteiger partial charge >= 0.3 is 0 Å². The number of fused-ring (bicyclic) bond motifs is 1. The number of rotatable bonds is 7. The summed E-state index contributed by atoms with van der Waals surface area (Å²) in [5.41, 5.74) is 1.27. The number of aromatic amines is 1. The second kappa shape index (κ2) is 9.60. The summed E-state index contributed by atoms with van der Waals surface area (Å²) in [5, 5.41) is 9.72. The van der Waals surface area contributed by atoms with Crippen LogP contribution in [-0.4, -0.2) is 36.0 Å². The Kier molecular flexibility index (Phi) is 6.36. The minimum Gasteiger partial charge on any atom is -0.467 e. The van der Waals surface area contributed by atoms with E-state index < -0.39 is 5.82 Å². The number of halogens is 1. The van der Waals surface area contributed by atoms with Crippen LogP contribution in [0.1, 0.15) is 11.5 Å². The van der Waals surface area contributed by atoms with Crippen LogP contribution in [0.3, 0.4) is 0 Å². The fourth-order valence-electron chi connectivity index (χ4n) is 3.38. The molecular weight excluding hydrogens is 511 g/mol. The fraction of sp³-hybridized carbons (Fsp3) is 0.136. The lowest BCUT2D eigenvalue weighted by molar-refractivity contribution is -0.113. The summed E-state index contributed by atoms with van der Waals surface area (Å²) < 4.78 is 22.9. The zero-order chi connectivity index (χ0) is 24.5. The molecule has 0 saturated carbocycles. The van der Waals surface area contributed by atoms with Gasteiger partial charge in [0, 0.05) is 11.8 Å². The number of nitrogens with one attached hydrogen (secondary N) is 2. The maximum atomic E-state index is 13.6. The lowest BCUT2D eigenvalue weighted by Crippen LogP contribution is -2.23. The van der Waals surface area contributed by atoms with Gasteiger partial charge in [-0.05, 0) is 55.5 Å². The van der Waals surface area contributed by atoms with E-state index in [2.05, 4.69) is 15.5 Å². The Balaban J connectivity index is 1.56. The van der Waals surface area contributed by atoms with Crippen LogP contribution >= 0.6 is 35.3 Å². The van der Waals surface area contributed by atoms with Crippen LogP contribution in [0.2, 0.25) is 0 Å². The number of hydrogen-bond donors (Lipinski definition) is 2. The third-order valence-corrected chi connectivity index (χ3v) is 7.31. The highest BCUT2D eigenvalue weighted by Gasteiger charge is 2.20. The molecule has 0 aliphatic rings. The molecule has 178 valence electrons. The largest absolute Gasteiger partial charge is 0.467 e. The Morgan fingerprint density at radius 2 is 2.11 bits per heavy atom. The van der Waals surface area contributed by atoms with Crippen molar-refractivity contribution in [2.75, 3.05) is 11.1 Å². The molecule has 5 rings (SSSR count). The van der Waals surface area contributed by atoms with E-state index in [-0.39, 0.29) is 22.4 Å². The van der Waals surface area contributed by atoms with Crippen molar-refractivity contribution < 1.29 is 13.6 Å². The number of carbonyl (C=O) groups excluding carboxylic acids is 1. The Hall–Kier alpha value is -3.55. The number of benzene rings is 1. The van der Waals surface area contributed by atoms with Crippen molar-refractivity contribution in [3.05, 3.63) is 80.3 Å². The van der Waals surface area contributed by atoms with E-state index in [0.717, 1.165) is 28.8 Å². The van der Waals surface area contributed by atoms with E-state index in [9.17, 15) is 14.0 Å². The first kappa shape index (κ1) is 23.2. The molecule has 9 nitrogen and oxygen atoms in total. The van der Waals surface area contributed by atoms with Crippen molar-refractivity contribution in [1.82, 2.24) is 24.3 Å². The summed E-state index contributed by atoms with van der Waals surface area (Å²) in [6.07, 6.45) is 1.56. The van der Waals surface area contributed by atoms with Crippen molar-refractivity contribution in [3.63, 3.8) is 0 Å². The number of aryl methyl sites for hydroxylation is 1. The lowest BCUT2D eigenvalue weighted by Gasteiger charge is -2.12. The molecule has 0 atom stereocenters. The number of H-pyrrole nitrogens is 1. The van der Waals surface area contributed by atoms with Gasteiger partial charge in [-0.2, -0.15) is 5.10 Å². The highest BCUT2D eigenvalue weighted by Crippen LogP contribution is 2.26. The van der Waals surface area contributed by atoms with Crippen LogP contribution in [0.4, 0.5) is 10.2 Å². The molecule has 1 aromatic carbocycles. The molecule has 4 heterocycles. The van der Waals surface area contributed by atoms with E-state index in [0.29, 0.717) is 38.1 Å². The number of thiazole rings is 1. The Morgan fingerprint density at radius 3 is 2.80 bits per heavy atom. The van der Waals surface area contributed by atoms with E-state index >= 15 is 0 Å². The smallest absolute Gasteiger partial charge is 0.278 e. The van der Waals surface area contributed by atoms with Crippen LogP contribution < -0.4 is 10.9 Å². The van der Waals surface area contributed by atoms with Gasteiger partial charge in [-0.15, -0.1) is 0 Å². The monoisotopic (exact) mass is 528 g/mol. The van der Waals surface area contributed by atoms with E-state index in [4.69, 9.17) is 21.6 Å². The predicted molar refractivity (Wildman–Crippen MR) is 134 cm³/mol. The first-order valence-corrected chi connectivity index (χ1v) is 12.5. The molecule has 0 radical (unpaired) electrons. The number of furan rings is 1. The van der Waals surface area contributed by atoms with Crippen LogP contribution in [-0.2, 0) is 11.3 Å². The first-order valence-electron chi connectivity index (χ1n) is 10.3. The van der Waals surface area contributed by atoms with Gasteiger partial charge in [0.05, 0.1) is 24.2 Å². The molecule has 0 aliphatic heterocycles. The minimum atomic E-state index is -0.432. The molecule has 35 heavy (non-hydrogen) atoms. The third kappa shape index (κ3) is 4.83. The quantitative estimate of drug-likeness (QED) is 0.182. The first-order chi connectivity index (χ1) is 16.9. The summed E-state index contributed by atoms with van der Waals surface area (Å²) in [6.45, 7) is 2.13. The number of nitrogens with zero attached hydrogens (tertiary/aromatic N) is 4. The number of aromatic nitrogens is 5. The van der Waals surface area contributed by atoms with E-state index in [1.807, 2.05) is 13.0 Å². The molecule has 5 aromatic rings. The number of amides is 1. The summed E-state index contributed by atoms with van der Waals surface area (Å²) in [5.74, 6) is 0.275. The summed E-state index contributed by atoms with van der Waals surface area (Å²) in [4.78, 5) is 30.8. The van der Waals surface area contributed by atoms with Gasteiger partial charge in [-0.25, -0.2) is 9.37 Å². The minimum absolute atomic E-state index is 0.0336. The Morgan fingerprint density at radius 1 is 1.31 bits per heavy atom. The Bertz CT molecular complexity index is 1630. The number of thioether (sulfide) groups is 1. The zero-order valence-corrected chi connectivity index (χ0v) is 20.6. The predicted octanol–water partition coefficient (Wildman–Crippen LogP) is 4.52. The molecule has 0 aliphatic carbocycles. The van der Waals surface area contributed by atoms with Gasteiger partial charge in [0.1, 0.15) is 16.3 Å². The van der Waals surface area contributed by atoms with Gasteiger partial charge in [0.2, 0.25) is 5.91 Å². The lowest BCUT2D eigenvalue weighted by atomic mass is 10.3. The van der Waals surface area contributed by atoms with Crippen LogP contribution in [0.25, 0.3) is 16.0 Å². The van der Waals surface area contributed by atoms with Crippen molar-refractivity contribution >= 4 is 57.4 Å². The third-order valence-electron chi connectivity index (χ3n) is 4.94. The Labute approximate surface area is 210 Å². The molecule has 0 spiro atoms. The van der Waals surface area contributed by atoms with E-state index in [1.165, 1.54) is 28.8 Å². The van der Waals surface area contributed by atoms with Crippen molar-refractivity contribution in [3.8, 4) is 5.69 Å². The fourth-order valence-corrected chi connectivity index (χ4v) is 5.44. The van der Waals surface area contributed by atoms with Gasteiger partial charge in [0.15, 0.2) is 20.6 Å². The van der Waals surface area contributed by atoms with Crippen molar-refractivity contribution in [2.24, 2.45) is 0 Å². The summed E-state index contributed by atoms with van der Waals surface area (Å²) in [7, 11) is 0. The van der Waals surface area contributed by atoms with Crippen molar-refractivity contribution in [2.45, 2.75) is 18.6 Å². The second-order valence-electron chi connectivity index (χ2n) is 7.47. The van der Waals surface area contributed by atoms with Gasteiger partial charge in [-0.1, -0.05) is 23.1 Å². The second-order valence-corrected chi connectivity index (χ2v) is 10.1. The van der Waals surface area contributed by atoms with Gasteiger partial charge < -0.3 is 9.73 Å². The van der Waals surface area contributed by atoms with Gasteiger partial charge in [0.25, 0.3) is 5.56 Å². The molecule has 0 fully saturated rings. The molecule has 0 unspecified atom stereocenters. The van der Waals surface area contributed by atoms with Crippen LogP contribution in [0, 0.1) is 16.7 Å². The van der Waals surface area contributed by atoms with Gasteiger partial charge in [-0.3, -0.25) is 23.8 Å². The van der Waals surface area contributed by atoms with Crippen LogP contribution in [0.15, 0.2) is 63.1 Å². The number of anilines is 1. The van der Waals surface area contributed by atoms with Crippen LogP contribution in [0.5, 0.6) is 0 Å².